The zero-order valence-corrected chi connectivity index (χ0v) is 9.89. The van der Waals surface area contributed by atoms with Crippen LogP contribution >= 0.6 is 0 Å². The fourth-order valence-corrected chi connectivity index (χ4v) is 1.09. The van der Waals surface area contributed by atoms with Crippen LogP contribution in [0.5, 0.6) is 0 Å². The van der Waals surface area contributed by atoms with E-state index < -0.39 is 12.0 Å². The molecule has 0 spiro atoms. The third-order valence-electron chi connectivity index (χ3n) is 2.35. The molecule has 17 heavy (non-hydrogen) atoms. The van der Waals surface area contributed by atoms with Crippen LogP contribution in [0.4, 0.5) is 24.8 Å². The smallest absolute Gasteiger partial charge is 0.384 e. The van der Waals surface area contributed by atoms with E-state index >= 15 is 0 Å². The van der Waals surface area contributed by atoms with Gasteiger partial charge in [0.2, 0.25) is 5.82 Å². The van der Waals surface area contributed by atoms with Crippen molar-refractivity contribution in [1.29, 1.82) is 0 Å². The molecule has 4 nitrogen and oxygen atoms in total. The van der Waals surface area contributed by atoms with Gasteiger partial charge in [-0.25, -0.2) is 9.97 Å². The fourth-order valence-electron chi connectivity index (χ4n) is 1.09. The van der Waals surface area contributed by atoms with Crippen molar-refractivity contribution in [1.82, 2.24) is 9.97 Å². The summed E-state index contributed by atoms with van der Waals surface area (Å²) in [7, 11) is 0. The van der Waals surface area contributed by atoms with Crippen molar-refractivity contribution in [2.75, 3.05) is 11.1 Å². The molecule has 3 N–H and O–H groups in total. The van der Waals surface area contributed by atoms with Gasteiger partial charge in [0.05, 0.1) is 0 Å². The van der Waals surface area contributed by atoms with Gasteiger partial charge in [-0.3, -0.25) is 0 Å². The number of nitrogens with two attached hydrogens (primary N) is 1. The monoisotopic (exact) mass is 248 g/mol. The Kier molecular flexibility index (Phi) is 3.49. The molecule has 0 bridgehead atoms. The maximum absolute atomic E-state index is 12.5. The molecule has 96 valence electrons. The Morgan fingerprint density at radius 2 is 1.88 bits per heavy atom. The molecule has 0 aliphatic rings. The summed E-state index contributed by atoms with van der Waals surface area (Å²) >= 11 is 0. The summed E-state index contributed by atoms with van der Waals surface area (Å²) in [6.45, 7) is 5.64. The predicted molar refractivity (Wildman–Crippen MR) is 59.4 cm³/mol. The molecule has 0 saturated heterocycles. The predicted octanol–water partition coefficient (Wildman–Crippen LogP) is 2.68. The molecule has 1 heterocycles. The molecule has 0 aliphatic heterocycles. The second kappa shape index (κ2) is 4.38. The fraction of sp³-hybridized carbons (Fsp3) is 0.600. The number of halogens is 3. The van der Waals surface area contributed by atoms with Gasteiger partial charge >= 0.3 is 6.18 Å². The molecule has 0 aromatic carbocycles. The summed E-state index contributed by atoms with van der Waals surface area (Å²) in [5, 5.41) is 2.89. The molecule has 1 rings (SSSR count). The van der Waals surface area contributed by atoms with E-state index in [0.717, 1.165) is 6.42 Å². The molecule has 0 aliphatic carbocycles. The number of rotatable bonds is 3. The first kappa shape index (κ1) is 13.5. The second-order valence-corrected chi connectivity index (χ2v) is 4.36. The lowest BCUT2D eigenvalue weighted by Crippen LogP contribution is -2.30. The summed E-state index contributed by atoms with van der Waals surface area (Å²) < 4.78 is 37.4. The topological polar surface area (TPSA) is 63.8 Å². The van der Waals surface area contributed by atoms with E-state index in [1.54, 1.807) is 0 Å². The Morgan fingerprint density at radius 1 is 1.29 bits per heavy atom. The summed E-state index contributed by atoms with van der Waals surface area (Å²) in [6, 6.07) is 1.28. The number of nitrogen functional groups attached to an aromatic ring is 1. The molecule has 1 aromatic rings. The van der Waals surface area contributed by atoms with E-state index in [-0.39, 0.29) is 17.2 Å². The van der Waals surface area contributed by atoms with Crippen LogP contribution < -0.4 is 11.1 Å². The van der Waals surface area contributed by atoms with Gasteiger partial charge in [-0.05, 0) is 20.3 Å². The minimum absolute atomic E-state index is 0.0803. The second-order valence-electron chi connectivity index (χ2n) is 4.36. The molecule has 0 unspecified atom stereocenters. The molecular weight excluding hydrogens is 233 g/mol. The van der Waals surface area contributed by atoms with Crippen LogP contribution in [-0.2, 0) is 6.18 Å². The van der Waals surface area contributed by atoms with Gasteiger partial charge in [0.25, 0.3) is 0 Å². The van der Waals surface area contributed by atoms with Crippen LogP contribution in [0, 0.1) is 0 Å². The van der Waals surface area contributed by atoms with E-state index in [9.17, 15) is 13.2 Å². The average molecular weight is 248 g/mol. The molecule has 1 aromatic heterocycles. The average Bonchev–Trinajstić information content (AvgIpc) is 2.14. The molecule has 0 atom stereocenters. The van der Waals surface area contributed by atoms with E-state index in [0.29, 0.717) is 0 Å². The summed E-state index contributed by atoms with van der Waals surface area (Å²) in [4.78, 5) is 6.57. The Bertz CT molecular complexity index is 401. The van der Waals surface area contributed by atoms with Crippen molar-refractivity contribution in [3.8, 4) is 0 Å². The lowest BCUT2D eigenvalue weighted by atomic mass is 10.0. The summed E-state index contributed by atoms with van der Waals surface area (Å²) in [5.41, 5.74) is 4.97. The van der Waals surface area contributed by atoms with Gasteiger partial charge in [-0.2, -0.15) is 13.2 Å². The number of aromatic nitrogens is 2. The number of nitrogens with zero attached hydrogens (tertiary/aromatic N) is 2. The van der Waals surface area contributed by atoms with Crippen LogP contribution in [0.25, 0.3) is 0 Å². The maximum atomic E-state index is 12.5. The Hall–Kier alpha value is -1.53. The normalized spacial score (nSPS) is 12.6. The lowest BCUT2D eigenvalue weighted by Gasteiger charge is -2.25. The highest BCUT2D eigenvalue weighted by Gasteiger charge is 2.35. The molecular formula is C10H15F3N4. The molecule has 0 radical (unpaired) electrons. The van der Waals surface area contributed by atoms with E-state index in [1.807, 2.05) is 20.8 Å². The van der Waals surface area contributed by atoms with Gasteiger partial charge in [0, 0.05) is 11.6 Å². The third-order valence-corrected chi connectivity index (χ3v) is 2.35. The highest BCUT2D eigenvalue weighted by Crippen LogP contribution is 2.28. The van der Waals surface area contributed by atoms with Gasteiger partial charge in [-0.1, -0.05) is 6.92 Å². The molecule has 0 amide bonds. The van der Waals surface area contributed by atoms with Gasteiger partial charge in [0.15, 0.2) is 0 Å². The van der Waals surface area contributed by atoms with Crippen molar-refractivity contribution in [3.63, 3.8) is 0 Å². The van der Waals surface area contributed by atoms with Crippen LogP contribution in [0.15, 0.2) is 6.07 Å². The van der Waals surface area contributed by atoms with E-state index in [4.69, 9.17) is 5.73 Å². The zero-order valence-electron chi connectivity index (χ0n) is 9.89. The SMILES string of the molecule is CCC(C)(C)Nc1cc(N)nc(C(F)(F)F)n1. The quantitative estimate of drug-likeness (QED) is 0.863. The van der Waals surface area contributed by atoms with Crippen molar-refractivity contribution >= 4 is 11.6 Å². The van der Waals surface area contributed by atoms with Gasteiger partial charge < -0.3 is 11.1 Å². The summed E-state index contributed by atoms with van der Waals surface area (Å²) in [6.07, 6.45) is -3.86. The molecule has 7 heteroatoms. The lowest BCUT2D eigenvalue weighted by molar-refractivity contribution is -0.144. The maximum Gasteiger partial charge on any atom is 0.451 e. The van der Waals surface area contributed by atoms with Crippen LogP contribution in [0.1, 0.15) is 33.0 Å². The Balaban J connectivity index is 3.06. The Morgan fingerprint density at radius 3 is 2.35 bits per heavy atom. The zero-order chi connectivity index (χ0) is 13.3. The minimum atomic E-state index is -4.60. The number of hydrogen-bond acceptors (Lipinski definition) is 4. The standard InChI is InChI=1S/C10H15F3N4/c1-4-9(2,3)17-7-5-6(14)15-8(16-7)10(11,12)13/h5H,4H2,1-3H3,(H3,14,15,16,17). The first-order valence-electron chi connectivity index (χ1n) is 5.14. The number of alkyl halides is 3. The highest BCUT2D eigenvalue weighted by molar-refractivity contribution is 5.46. The first-order valence-corrected chi connectivity index (χ1v) is 5.14. The molecule has 0 fully saturated rings. The Labute approximate surface area is 97.4 Å². The van der Waals surface area contributed by atoms with Crippen LogP contribution in [0.3, 0.4) is 0 Å². The number of hydrogen-bond donors (Lipinski definition) is 2. The van der Waals surface area contributed by atoms with Crippen molar-refractivity contribution < 1.29 is 13.2 Å². The summed E-state index contributed by atoms with van der Waals surface area (Å²) in [5.74, 6) is -1.36. The van der Waals surface area contributed by atoms with E-state index in [1.165, 1.54) is 6.07 Å². The number of nitrogens with one attached hydrogen (secondary N) is 1. The highest BCUT2D eigenvalue weighted by atomic mass is 19.4. The largest absolute Gasteiger partial charge is 0.451 e. The van der Waals surface area contributed by atoms with E-state index in [2.05, 4.69) is 15.3 Å². The minimum Gasteiger partial charge on any atom is -0.384 e. The van der Waals surface area contributed by atoms with Crippen LogP contribution in [-0.4, -0.2) is 15.5 Å². The van der Waals surface area contributed by atoms with Gasteiger partial charge in [-0.15, -0.1) is 0 Å². The molecule has 0 saturated carbocycles. The third kappa shape index (κ3) is 3.76. The van der Waals surface area contributed by atoms with Crippen molar-refractivity contribution in [2.24, 2.45) is 0 Å². The number of anilines is 2. The van der Waals surface area contributed by atoms with Gasteiger partial charge in [0.1, 0.15) is 11.6 Å². The van der Waals surface area contributed by atoms with Crippen molar-refractivity contribution in [3.05, 3.63) is 11.9 Å². The first-order chi connectivity index (χ1) is 7.64. The van der Waals surface area contributed by atoms with Crippen molar-refractivity contribution in [2.45, 2.75) is 38.9 Å². The van der Waals surface area contributed by atoms with Crippen LogP contribution in [0.2, 0.25) is 0 Å².